The average Bonchev–Trinajstić information content (AvgIpc) is 2.53. The van der Waals surface area contributed by atoms with Crippen LogP contribution in [0.3, 0.4) is 0 Å². The van der Waals surface area contributed by atoms with E-state index in [4.69, 9.17) is 5.11 Å². The second kappa shape index (κ2) is 8.86. The molecule has 1 fully saturated rings. The zero-order valence-corrected chi connectivity index (χ0v) is 16.8. The number of nitrogens with zero attached hydrogens (tertiary/aromatic N) is 1. The van der Waals surface area contributed by atoms with Crippen LogP contribution in [0.2, 0.25) is 0 Å². The quantitative estimate of drug-likeness (QED) is 0.660. The van der Waals surface area contributed by atoms with Crippen LogP contribution in [0.1, 0.15) is 52.1 Å². The molecule has 1 aliphatic rings. The van der Waals surface area contributed by atoms with Gasteiger partial charge >= 0.3 is 12.0 Å². The highest BCUT2D eigenvalue weighted by Crippen LogP contribution is 2.34. The van der Waals surface area contributed by atoms with Gasteiger partial charge in [0.05, 0.1) is 12.6 Å². The number of halogens is 2. The Morgan fingerprint density at radius 3 is 2.43 bits per heavy atom. The average molecular weight is 397 g/mol. The van der Waals surface area contributed by atoms with Gasteiger partial charge in [0.2, 0.25) is 0 Å². The maximum Gasteiger partial charge on any atom is 0.317 e. The molecule has 1 atom stereocenters. The molecule has 156 valence electrons. The van der Waals surface area contributed by atoms with Crippen LogP contribution in [-0.4, -0.2) is 47.2 Å². The maximum atomic E-state index is 14.2. The van der Waals surface area contributed by atoms with Gasteiger partial charge in [0.15, 0.2) is 0 Å². The van der Waals surface area contributed by atoms with Crippen molar-refractivity contribution < 1.29 is 23.5 Å². The smallest absolute Gasteiger partial charge is 0.317 e. The normalized spacial score (nSPS) is 20.4. The molecule has 0 bridgehead atoms. The van der Waals surface area contributed by atoms with Crippen LogP contribution in [-0.2, 0) is 4.79 Å². The molecular weight excluding hydrogens is 368 g/mol. The summed E-state index contributed by atoms with van der Waals surface area (Å²) in [5.41, 5.74) is -0.257. The topological polar surface area (TPSA) is 81.7 Å². The lowest BCUT2D eigenvalue weighted by Gasteiger charge is -2.42. The lowest BCUT2D eigenvalue weighted by Crippen LogP contribution is -2.57. The van der Waals surface area contributed by atoms with Crippen molar-refractivity contribution in [2.24, 2.45) is 5.41 Å². The number of hydrogen-bond donors (Lipinski definition) is 3. The first-order valence-corrected chi connectivity index (χ1v) is 9.49. The van der Waals surface area contributed by atoms with Crippen LogP contribution in [0.5, 0.6) is 0 Å². The third kappa shape index (κ3) is 5.64. The Morgan fingerprint density at radius 1 is 1.29 bits per heavy atom. The van der Waals surface area contributed by atoms with Crippen molar-refractivity contribution in [3.8, 4) is 0 Å². The van der Waals surface area contributed by atoms with E-state index in [2.05, 4.69) is 10.6 Å². The third-order valence-corrected chi connectivity index (χ3v) is 5.12. The van der Waals surface area contributed by atoms with Gasteiger partial charge in [-0.3, -0.25) is 9.69 Å². The minimum absolute atomic E-state index is 0.0178. The summed E-state index contributed by atoms with van der Waals surface area (Å²) in [4.78, 5) is 25.2. The van der Waals surface area contributed by atoms with Gasteiger partial charge in [0.25, 0.3) is 0 Å². The van der Waals surface area contributed by atoms with Gasteiger partial charge in [-0.2, -0.15) is 0 Å². The van der Waals surface area contributed by atoms with Crippen molar-refractivity contribution >= 4 is 12.0 Å². The number of carbonyl (C=O) groups is 2. The first-order chi connectivity index (χ1) is 13.0. The number of carboxylic acid groups (broad SMARTS) is 1. The molecular formula is C20H29F2N3O3. The Kier molecular flexibility index (Phi) is 6.98. The van der Waals surface area contributed by atoms with Crippen LogP contribution >= 0.6 is 0 Å². The van der Waals surface area contributed by atoms with Gasteiger partial charge < -0.3 is 15.7 Å². The standard InChI is InChI=1S/C20H29F2N3O3/c1-5-25(11-17(26)27)14-9-13(10-14)23-19(28)24-18(20(2,3)4)15-7-6-12(21)8-16(15)22/h6-8,13-14,18H,5,9-11H2,1-4H3,(H,26,27)(H2,23,24,28). The minimum Gasteiger partial charge on any atom is -0.480 e. The van der Waals surface area contributed by atoms with Crippen LogP contribution in [0, 0.1) is 17.0 Å². The molecule has 0 spiro atoms. The summed E-state index contributed by atoms with van der Waals surface area (Å²) in [6.07, 6.45) is 1.33. The van der Waals surface area contributed by atoms with Crippen molar-refractivity contribution in [2.75, 3.05) is 13.1 Å². The van der Waals surface area contributed by atoms with Crippen LogP contribution in [0.15, 0.2) is 18.2 Å². The first kappa shape index (κ1) is 22.1. The summed E-state index contributed by atoms with van der Waals surface area (Å²) in [6, 6.07) is 2.34. The number of urea groups is 1. The largest absolute Gasteiger partial charge is 0.480 e. The number of likely N-dealkylation sites (N-methyl/N-ethyl adjacent to an activating group) is 1. The molecule has 1 unspecified atom stereocenters. The highest BCUT2D eigenvalue weighted by molar-refractivity contribution is 5.75. The summed E-state index contributed by atoms with van der Waals surface area (Å²) in [5, 5.41) is 14.6. The van der Waals surface area contributed by atoms with Gasteiger partial charge in [-0.25, -0.2) is 13.6 Å². The Bertz CT molecular complexity index is 715. The molecule has 2 amide bonds. The number of aliphatic carboxylic acids is 1. The molecule has 0 aliphatic heterocycles. The molecule has 0 heterocycles. The number of hydrogen-bond acceptors (Lipinski definition) is 3. The number of rotatable bonds is 7. The summed E-state index contributed by atoms with van der Waals surface area (Å²) < 4.78 is 27.5. The van der Waals surface area contributed by atoms with Gasteiger partial charge in [-0.05, 0) is 30.9 Å². The van der Waals surface area contributed by atoms with Crippen LogP contribution in [0.25, 0.3) is 0 Å². The molecule has 3 N–H and O–H groups in total. The molecule has 0 radical (unpaired) electrons. The van der Waals surface area contributed by atoms with E-state index in [1.807, 2.05) is 32.6 Å². The Hall–Kier alpha value is -2.22. The van der Waals surface area contributed by atoms with Gasteiger partial charge in [-0.1, -0.05) is 33.8 Å². The van der Waals surface area contributed by atoms with E-state index in [1.165, 1.54) is 12.1 Å². The van der Waals surface area contributed by atoms with Crippen LogP contribution < -0.4 is 10.6 Å². The monoisotopic (exact) mass is 397 g/mol. The Morgan fingerprint density at radius 2 is 1.93 bits per heavy atom. The molecule has 1 aromatic rings. The molecule has 8 heteroatoms. The fraction of sp³-hybridized carbons (Fsp3) is 0.600. The Balaban J connectivity index is 1.96. The lowest BCUT2D eigenvalue weighted by atomic mass is 9.82. The zero-order chi connectivity index (χ0) is 21.1. The molecule has 6 nitrogen and oxygen atoms in total. The van der Waals surface area contributed by atoms with Gasteiger partial charge in [0.1, 0.15) is 11.6 Å². The third-order valence-electron chi connectivity index (χ3n) is 5.12. The highest BCUT2D eigenvalue weighted by atomic mass is 19.1. The van der Waals surface area contributed by atoms with Gasteiger partial charge in [0, 0.05) is 23.7 Å². The van der Waals surface area contributed by atoms with Crippen LogP contribution in [0.4, 0.5) is 13.6 Å². The summed E-state index contributed by atoms with van der Waals surface area (Å²) in [7, 11) is 0. The van der Waals surface area contributed by atoms with Crippen molar-refractivity contribution in [3.05, 3.63) is 35.4 Å². The van der Waals surface area contributed by atoms with Gasteiger partial charge in [-0.15, -0.1) is 0 Å². The fourth-order valence-corrected chi connectivity index (χ4v) is 3.53. The van der Waals surface area contributed by atoms with Crippen molar-refractivity contribution in [1.82, 2.24) is 15.5 Å². The molecule has 1 saturated carbocycles. The predicted molar refractivity (Wildman–Crippen MR) is 102 cm³/mol. The van der Waals surface area contributed by atoms with E-state index in [9.17, 15) is 18.4 Å². The molecule has 1 aliphatic carbocycles. The minimum atomic E-state index is -0.870. The summed E-state index contributed by atoms with van der Waals surface area (Å²) in [5.74, 6) is -2.23. The SMILES string of the molecule is CCN(CC(=O)O)C1CC(NC(=O)NC(c2ccc(F)cc2F)C(C)(C)C)C1. The van der Waals surface area contributed by atoms with Crippen molar-refractivity contribution in [1.29, 1.82) is 0 Å². The highest BCUT2D eigenvalue weighted by Gasteiger charge is 2.36. The predicted octanol–water partition coefficient (Wildman–Crippen LogP) is 3.29. The first-order valence-electron chi connectivity index (χ1n) is 9.49. The number of nitrogens with one attached hydrogen (secondary N) is 2. The second-order valence-corrected chi connectivity index (χ2v) is 8.36. The summed E-state index contributed by atoms with van der Waals surface area (Å²) in [6.45, 7) is 8.12. The molecule has 1 aromatic carbocycles. The van der Waals surface area contributed by atoms with E-state index >= 15 is 0 Å². The van der Waals surface area contributed by atoms with Crippen molar-refractivity contribution in [3.63, 3.8) is 0 Å². The van der Waals surface area contributed by atoms with E-state index in [0.717, 1.165) is 6.07 Å². The number of benzene rings is 1. The van der Waals surface area contributed by atoms with E-state index < -0.39 is 35.1 Å². The maximum absolute atomic E-state index is 14.2. The molecule has 0 aromatic heterocycles. The summed E-state index contributed by atoms with van der Waals surface area (Å²) >= 11 is 0. The number of carbonyl (C=O) groups excluding carboxylic acids is 1. The lowest BCUT2D eigenvalue weighted by molar-refractivity contribution is -0.139. The molecule has 0 saturated heterocycles. The fourth-order valence-electron chi connectivity index (χ4n) is 3.53. The molecule has 2 rings (SSSR count). The van der Waals surface area contributed by atoms with Crippen molar-refractivity contribution in [2.45, 2.75) is 58.7 Å². The van der Waals surface area contributed by atoms with E-state index in [-0.39, 0.29) is 24.2 Å². The second-order valence-electron chi connectivity index (χ2n) is 8.36. The number of carboxylic acids is 1. The number of amides is 2. The van der Waals surface area contributed by atoms with E-state index in [1.54, 1.807) is 0 Å². The Labute approximate surface area is 164 Å². The van der Waals surface area contributed by atoms with E-state index in [0.29, 0.717) is 19.4 Å². The zero-order valence-electron chi connectivity index (χ0n) is 16.8. The molecule has 28 heavy (non-hydrogen) atoms.